The maximum absolute atomic E-state index is 3.86. The molecule has 132 valence electrons. The van der Waals surface area contributed by atoms with Gasteiger partial charge >= 0.3 is 0 Å². The molecular weight excluding hydrogens is 411 g/mol. The molecule has 4 aromatic carbocycles. The SMILES string of the molecule is Cc1c(Br)c(P)c(-c2ccccc2)c(-c2ccccc2)c1-c1ccccc1. The molecule has 0 radical (unpaired) electrons. The van der Waals surface area contributed by atoms with E-state index in [-0.39, 0.29) is 0 Å². The Bertz CT molecular complexity index is 1010. The first-order valence-electron chi connectivity index (χ1n) is 8.96. The van der Waals surface area contributed by atoms with E-state index >= 15 is 0 Å². The molecule has 0 fully saturated rings. The molecule has 27 heavy (non-hydrogen) atoms. The molecule has 0 aliphatic heterocycles. The molecule has 0 aliphatic carbocycles. The molecule has 0 saturated heterocycles. The summed E-state index contributed by atoms with van der Waals surface area (Å²) in [5.74, 6) is 0. The van der Waals surface area contributed by atoms with Crippen molar-refractivity contribution in [1.29, 1.82) is 0 Å². The van der Waals surface area contributed by atoms with Crippen LogP contribution in [0.25, 0.3) is 33.4 Å². The van der Waals surface area contributed by atoms with Gasteiger partial charge in [0.1, 0.15) is 0 Å². The minimum atomic E-state index is 1.14. The highest BCUT2D eigenvalue weighted by molar-refractivity contribution is 9.10. The highest BCUT2D eigenvalue weighted by Crippen LogP contribution is 2.44. The van der Waals surface area contributed by atoms with E-state index in [0.717, 1.165) is 4.47 Å². The van der Waals surface area contributed by atoms with Crippen LogP contribution in [0, 0.1) is 6.92 Å². The zero-order valence-corrected chi connectivity index (χ0v) is 17.9. The van der Waals surface area contributed by atoms with Gasteiger partial charge in [0.05, 0.1) is 0 Å². The van der Waals surface area contributed by atoms with Crippen molar-refractivity contribution < 1.29 is 0 Å². The number of rotatable bonds is 3. The van der Waals surface area contributed by atoms with Crippen molar-refractivity contribution in [2.75, 3.05) is 0 Å². The van der Waals surface area contributed by atoms with Crippen LogP contribution in [-0.2, 0) is 0 Å². The standard InChI is InChI=1S/C25H20BrP/c1-17-21(18-11-5-2-6-12-18)22(19-13-7-3-8-14-19)23(25(27)24(17)26)20-15-9-4-10-16-20/h2-16H,27H2,1H3. The molecule has 1 atom stereocenters. The van der Waals surface area contributed by atoms with Gasteiger partial charge in [-0.1, -0.05) is 91.0 Å². The summed E-state index contributed by atoms with van der Waals surface area (Å²) in [7, 11) is 2.95. The smallest absolute Gasteiger partial charge is 0.0288 e. The van der Waals surface area contributed by atoms with Crippen LogP contribution in [0.15, 0.2) is 95.5 Å². The lowest BCUT2D eigenvalue weighted by Gasteiger charge is -2.23. The maximum Gasteiger partial charge on any atom is 0.0288 e. The highest BCUT2D eigenvalue weighted by atomic mass is 79.9. The predicted molar refractivity (Wildman–Crippen MR) is 125 cm³/mol. The monoisotopic (exact) mass is 430 g/mol. The molecule has 0 amide bonds. The molecule has 1 unspecified atom stereocenters. The minimum Gasteiger partial charge on any atom is -0.104 e. The van der Waals surface area contributed by atoms with E-state index in [1.807, 2.05) is 0 Å². The lowest BCUT2D eigenvalue weighted by molar-refractivity contribution is 1.43. The van der Waals surface area contributed by atoms with Gasteiger partial charge in [0, 0.05) is 4.47 Å². The molecule has 0 saturated carbocycles. The Kier molecular flexibility index (Phi) is 5.25. The molecule has 2 heteroatoms. The number of halogens is 1. The second-order valence-electron chi connectivity index (χ2n) is 6.58. The van der Waals surface area contributed by atoms with Gasteiger partial charge in [-0.25, -0.2) is 0 Å². The second kappa shape index (κ2) is 7.80. The molecule has 4 aromatic rings. The topological polar surface area (TPSA) is 0 Å². The second-order valence-corrected chi connectivity index (χ2v) is 7.95. The molecule has 0 aliphatic rings. The number of hydrogen-bond acceptors (Lipinski definition) is 0. The summed E-state index contributed by atoms with van der Waals surface area (Å²) in [4.78, 5) is 0. The molecule has 4 rings (SSSR count). The van der Waals surface area contributed by atoms with Crippen molar-refractivity contribution >= 4 is 30.5 Å². The highest BCUT2D eigenvalue weighted by Gasteiger charge is 2.21. The van der Waals surface area contributed by atoms with Crippen molar-refractivity contribution in [3.8, 4) is 33.4 Å². The third kappa shape index (κ3) is 3.38. The van der Waals surface area contributed by atoms with Crippen molar-refractivity contribution in [3.05, 3.63) is 101 Å². The van der Waals surface area contributed by atoms with E-state index in [4.69, 9.17) is 0 Å². The largest absolute Gasteiger partial charge is 0.104 e. The zero-order chi connectivity index (χ0) is 18.8. The van der Waals surface area contributed by atoms with E-state index in [1.54, 1.807) is 0 Å². The summed E-state index contributed by atoms with van der Waals surface area (Å²) < 4.78 is 1.14. The predicted octanol–water partition coefficient (Wildman–Crippen LogP) is 7.26. The molecule has 0 N–H and O–H groups in total. The van der Waals surface area contributed by atoms with Crippen LogP contribution in [0.5, 0.6) is 0 Å². The first-order valence-corrected chi connectivity index (χ1v) is 10.3. The molecule has 0 spiro atoms. The van der Waals surface area contributed by atoms with E-state index in [2.05, 4.69) is 123 Å². The van der Waals surface area contributed by atoms with Gasteiger partial charge in [0.25, 0.3) is 0 Å². The van der Waals surface area contributed by atoms with Crippen LogP contribution in [0.2, 0.25) is 0 Å². The van der Waals surface area contributed by atoms with Crippen LogP contribution in [0.1, 0.15) is 5.56 Å². The Labute approximate surface area is 171 Å². The third-order valence-corrected chi connectivity index (χ3v) is 6.92. The van der Waals surface area contributed by atoms with Crippen LogP contribution in [-0.4, -0.2) is 0 Å². The summed E-state index contributed by atoms with van der Waals surface area (Å²) >= 11 is 3.86. The lowest BCUT2D eigenvalue weighted by Crippen LogP contribution is -2.07. The van der Waals surface area contributed by atoms with Gasteiger partial charge < -0.3 is 0 Å². The molecular formula is C25H20BrP. The van der Waals surface area contributed by atoms with Crippen molar-refractivity contribution in [2.24, 2.45) is 0 Å². The van der Waals surface area contributed by atoms with E-state index in [9.17, 15) is 0 Å². The van der Waals surface area contributed by atoms with Gasteiger partial charge in [-0.05, 0) is 67.1 Å². The van der Waals surface area contributed by atoms with Gasteiger partial charge in [-0.15, -0.1) is 9.24 Å². The summed E-state index contributed by atoms with van der Waals surface area (Å²) in [6.45, 7) is 2.20. The van der Waals surface area contributed by atoms with Gasteiger partial charge in [-0.3, -0.25) is 0 Å². The van der Waals surface area contributed by atoms with E-state index < -0.39 is 0 Å². The fourth-order valence-corrected chi connectivity index (χ4v) is 4.56. The molecule has 0 aromatic heterocycles. The average Bonchev–Trinajstić information content (AvgIpc) is 2.73. The van der Waals surface area contributed by atoms with Crippen LogP contribution in [0.3, 0.4) is 0 Å². The Morgan fingerprint density at radius 1 is 0.556 bits per heavy atom. The van der Waals surface area contributed by atoms with Crippen LogP contribution < -0.4 is 5.30 Å². The fraction of sp³-hybridized carbons (Fsp3) is 0.0400. The van der Waals surface area contributed by atoms with Crippen molar-refractivity contribution in [2.45, 2.75) is 6.92 Å². The van der Waals surface area contributed by atoms with Crippen LogP contribution in [0.4, 0.5) is 0 Å². The van der Waals surface area contributed by atoms with Crippen molar-refractivity contribution in [1.82, 2.24) is 0 Å². The fourth-order valence-electron chi connectivity index (χ4n) is 3.63. The van der Waals surface area contributed by atoms with E-state index in [1.165, 1.54) is 44.2 Å². The number of benzene rings is 4. The third-order valence-electron chi connectivity index (χ3n) is 4.90. The number of hydrogen-bond donors (Lipinski definition) is 0. The lowest BCUT2D eigenvalue weighted by atomic mass is 9.85. The Morgan fingerprint density at radius 2 is 0.926 bits per heavy atom. The van der Waals surface area contributed by atoms with E-state index in [0.29, 0.717) is 0 Å². The summed E-state index contributed by atoms with van der Waals surface area (Å²) in [6, 6.07) is 32.0. The molecule has 0 heterocycles. The van der Waals surface area contributed by atoms with Gasteiger partial charge in [-0.2, -0.15) is 0 Å². The Balaban J connectivity index is 2.18. The Morgan fingerprint density at radius 3 is 1.37 bits per heavy atom. The molecule has 0 nitrogen and oxygen atoms in total. The summed E-state index contributed by atoms with van der Waals surface area (Å²) in [5, 5.41) is 1.19. The summed E-state index contributed by atoms with van der Waals surface area (Å²) in [5.41, 5.74) is 8.75. The Hall–Kier alpha value is -2.21. The molecule has 0 bridgehead atoms. The first kappa shape index (κ1) is 18.2. The minimum absolute atomic E-state index is 1.14. The maximum atomic E-state index is 3.86. The zero-order valence-electron chi connectivity index (χ0n) is 15.1. The van der Waals surface area contributed by atoms with Gasteiger partial charge in [0.2, 0.25) is 0 Å². The van der Waals surface area contributed by atoms with Crippen molar-refractivity contribution in [3.63, 3.8) is 0 Å². The van der Waals surface area contributed by atoms with Gasteiger partial charge in [0.15, 0.2) is 0 Å². The summed E-state index contributed by atoms with van der Waals surface area (Å²) in [6.07, 6.45) is 0. The quantitative estimate of drug-likeness (QED) is 0.300. The van der Waals surface area contributed by atoms with Crippen LogP contribution >= 0.6 is 25.2 Å². The average molecular weight is 431 g/mol. The normalized spacial score (nSPS) is 10.8. The first-order chi connectivity index (χ1) is 13.2.